The van der Waals surface area contributed by atoms with E-state index in [1.807, 2.05) is 0 Å². The number of benzene rings is 1. The third-order valence-corrected chi connectivity index (χ3v) is 4.01. The minimum atomic E-state index is -0.478. The number of phenols is 1. The largest absolute Gasteiger partial charge is 0.504 e. The van der Waals surface area contributed by atoms with Crippen LogP contribution >= 0.6 is 11.8 Å². The summed E-state index contributed by atoms with van der Waals surface area (Å²) in [7, 11) is 1.47. The van der Waals surface area contributed by atoms with Gasteiger partial charge in [0.1, 0.15) is 11.3 Å². The zero-order valence-electron chi connectivity index (χ0n) is 14.1. The van der Waals surface area contributed by atoms with Crippen LogP contribution in [0.15, 0.2) is 36.5 Å². The van der Waals surface area contributed by atoms with E-state index in [2.05, 4.69) is 20.3 Å². The molecule has 134 valence electrons. The number of halogens is 1. The summed E-state index contributed by atoms with van der Waals surface area (Å²) >= 11 is 5.76. The Bertz CT molecular complexity index is 966. The maximum absolute atomic E-state index is 11.8. The molecule has 2 aromatic heterocycles. The fourth-order valence-electron chi connectivity index (χ4n) is 2.26. The molecule has 0 saturated carbocycles. The number of urea groups is 1. The van der Waals surface area contributed by atoms with Crippen LogP contribution in [0.2, 0.25) is 0 Å². The Morgan fingerprint density at radius 3 is 2.85 bits per heavy atom. The van der Waals surface area contributed by atoms with E-state index >= 15 is 0 Å². The fourth-order valence-corrected chi connectivity index (χ4v) is 2.30. The van der Waals surface area contributed by atoms with Crippen molar-refractivity contribution in [1.29, 1.82) is 0 Å². The molecule has 0 aliphatic carbocycles. The third-order valence-electron chi connectivity index (χ3n) is 3.62. The quantitative estimate of drug-likeness (QED) is 0.679. The summed E-state index contributed by atoms with van der Waals surface area (Å²) in [5.74, 6) is 0.686. The Labute approximate surface area is 154 Å². The molecule has 3 rings (SSSR count). The zero-order valence-corrected chi connectivity index (χ0v) is 14.9. The molecular weight excluding hydrogens is 358 g/mol. The van der Waals surface area contributed by atoms with E-state index in [4.69, 9.17) is 16.5 Å². The van der Waals surface area contributed by atoms with Crippen LogP contribution in [0.3, 0.4) is 0 Å². The number of rotatable bonds is 4. The summed E-state index contributed by atoms with van der Waals surface area (Å²) in [5, 5.41) is 12.3. The molecule has 2 heterocycles. The monoisotopic (exact) mass is 373 g/mol. The first-order valence-electron chi connectivity index (χ1n) is 7.77. The van der Waals surface area contributed by atoms with Gasteiger partial charge in [-0.3, -0.25) is 10.3 Å². The number of hydrogen-bond donors (Lipinski definition) is 2. The van der Waals surface area contributed by atoms with Crippen LogP contribution < -0.4 is 10.1 Å². The van der Waals surface area contributed by atoms with Crippen molar-refractivity contribution >= 4 is 34.8 Å². The van der Waals surface area contributed by atoms with E-state index < -0.39 is 6.03 Å². The number of carbonyl (C=O) groups excluding carboxylic acids is 1. The van der Waals surface area contributed by atoms with Crippen molar-refractivity contribution in [2.24, 2.45) is 0 Å². The lowest BCUT2D eigenvalue weighted by Crippen LogP contribution is -2.27. The number of fused-ring (bicyclic) bond motifs is 1. The van der Waals surface area contributed by atoms with Crippen molar-refractivity contribution in [3.63, 3.8) is 0 Å². The first-order valence-corrected chi connectivity index (χ1v) is 8.11. The Balaban J connectivity index is 1.95. The highest BCUT2D eigenvalue weighted by Crippen LogP contribution is 2.30. The molecule has 0 saturated heterocycles. The van der Waals surface area contributed by atoms with Crippen molar-refractivity contribution in [2.45, 2.75) is 6.92 Å². The fraction of sp³-hybridized carbons (Fsp3) is 0.176. The minimum absolute atomic E-state index is 0.0367. The van der Waals surface area contributed by atoms with Gasteiger partial charge in [0.25, 0.3) is 0 Å². The van der Waals surface area contributed by atoms with Crippen LogP contribution in [-0.4, -0.2) is 44.2 Å². The van der Waals surface area contributed by atoms with E-state index in [1.165, 1.54) is 13.2 Å². The number of carbonyl (C=O) groups is 1. The highest BCUT2D eigenvalue weighted by molar-refractivity contribution is 6.22. The summed E-state index contributed by atoms with van der Waals surface area (Å²) in [6.45, 7) is 2.11. The van der Waals surface area contributed by atoms with Crippen molar-refractivity contribution in [1.82, 2.24) is 19.4 Å². The van der Waals surface area contributed by atoms with E-state index in [-0.39, 0.29) is 5.75 Å². The molecule has 2 amide bonds. The number of phenolic OH excluding ortho intramolecular Hbond substituents is 1. The lowest BCUT2D eigenvalue weighted by atomic mass is 10.1. The van der Waals surface area contributed by atoms with Gasteiger partial charge in [0.2, 0.25) is 0 Å². The van der Waals surface area contributed by atoms with Crippen LogP contribution in [0.5, 0.6) is 11.5 Å². The predicted octanol–water partition coefficient (Wildman–Crippen LogP) is 3.41. The number of methoxy groups -OCH3 is 1. The summed E-state index contributed by atoms with van der Waals surface area (Å²) in [4.78, 5) is 25.0. The number of ether oxygens (including phenoxy) is 1. The summed E-state index contributed by atoms with van der Waals surface area (Å²) < 4.78 is 6.12. The Kier molecular flexibility index (Phi) is 5.04. The molecule has 0 bridgehead atoms. The SMILES string of the molecule is CCN(Cl)C(=O)Nc1ccc2ncc(-c3ccc(O)c(OC)c3)nc2n1. The first kappa shape index (κ1) is 17.7. The molecule has 8 nitrogen and oxygen atoms in total. The van der Waals surface area contributed by atoms with Crippen LogP contribution in [0.25, 0.3) is 22.4 Å². The van der Waals surface area contributed by atoms with Gasteiger partial charge >= 0.3 is 6.03 Å². The van der Waals surface area contributed by atoms with E-state index in [0.717, 1.165) is 4.42 Å². The summed E-state index contributed by atoms with van der Waals surface area (Å²) in [6.07, 6.45) is 1.60. The molecule has 2 N–H and O–H groups in total. The third kappa shape index (κ3) is 3.60. The molecule has 1 aromatic carbocycles. The summed E-state index contributed by atoms with van der Waals surface area (Å²) in [5.41, 5.74) is 2.21. The zero-order chi connectivity index (χ0) is 18.7. The molecule has 0 radical (unpaired) electrons. The number of nitrogens with zero attached hydrogens (tertiary/aromatic N) is 4. The van der Waals surface area contributed by atoms with Gasteiger partial charge in [0, 0.05) is 23.9 Å². The number of aromatic nitrogens is 3. The minimum Gasteiger partial charge on any atom is -0.504 e. The van der Waals surface area contributed by atoms with Gasteiger partial charge < -0.3 is 9.84 Å². The van der Waals surface area contributed by atoms with Gasteiger partial charge in [-0.1, -0.05) is 0 Å². The molecule has 0 spiro atoms. The van der Waals surface area contributed by atoms with Crippen molar-refractivity contribution in [3.8, 4) is 22.8 Å². The second kappa shape index (κ2) is 7.40. The number of amides is 2. The average molecular weight is 374 g/mol. The number of aromatic hydroxyl groups is 1. The van der Waals surface area contributed by atoms with E-state index in [0.29, 0.717) is 40.5 Å². The van der Waals surface area contributed by atoms with E-state index in [1.54, 1.807) is 37.4 Å². The average Bonchev–Trinajstić information content (AvgIpc) is 2.67. The number of nitrogens with one attached hydrogen (secondary N) is 1. The number of hydrogen-bond acceptors (Lipinski definition) is 6. The molecule has 0 aliphatic heterocycles. The van der Waals surface area contributed by atoms with Gasteiger partial charge in [0.15, 0.2) is 17.1 Å². The first-order chi connectivity index (χ1) is 12.5. The highest BCUT2D eigenvalue weighted by atomic mass is 35.5. The smallest absolute Gasteiger partial charge is 0.337 e. The Morgan fingerprint density at radius 1 is 1.31 bits per heavy atom. The van der Waals surface area contributed by atoms with Crippen LogP contribution in [-0.2, 0) is 0 Å². The summed E-state index contributed by atoms with van der Waals surface area (Å²) in [6, 6.07) is 7.72. The topological polar surface area (TPSA) is 100 Å². The van der Waals surface area contributed by atoms with Crippen LogP contribution in [0.1, 0.15) is 6.92 Å². The molecule has 0 fully saturated rings. The van der Waals surface area contributed by atoms with Gasteiger partial charge in [0.05, 0.1) is 19.0 Å². The van der Waals surface area contributed by atoms with Crippen molar-refractivity contribution in [3.05, 3.63) is 36.5 Å². The number of anilines is 1. The normalized spacial score (nSPS) is 10.6. The van der Waals surface area contributed by atoms with Crippen LogP contribution in [0.4, 0.5) is 10.6 Å². The maximum atomic E-state index is 11.8. The predicted molar refractivity (Wildman–Crippen MR) is 98.2 cm³/mol. The van der Waals surface area contributed by atoms with Gasteiger partial charge in [-0.2, -0.15) is 0 Å². The molecule has 0 unspecified atom stereocenters. The van der Waals surface area contributed by atoms with Crippen molar-refractivity contribution in [2.75, 3.05) is 19.0 Å². The second-order valence-corrected chi connectivity index (χ2v) is 5.70. The lowest BCUT2D eigenvalue weighted by Gasteiger charge is -2.12. The van der Waals surface area contributed by atoms with E-state index in [9.17, 15) is 9.90 Å². The Hall–Kier alpha value is -3.13. The van der Waals surface area contributed by atoms with Gasteiger partial charge in [-0.15, -0.1) is 0 Å². The second-order valence-electron chi connectivity index (χ2n) is 5.29. The maximum Gasteiger partial charge on any atom is 0.337 e. The molecule has 0 atom stereocenters. The van der Waals surface area contributed by atoms with Gasteiger partial charge in [-0.25, -0.2) is 19.2 Å². The Morgan fingerprint density at radius 2 is 2.12 bits per heavy atom. The molecule has 26 heavy (non-hydrogen) atoms. The molecule has 0 aliphatic rings. The molecule has 9 heteroatoms. The molecular formula is C17H16ClN5O3. The standard InChI is InChI=1S/C17H16ClN5O3/c1-3-23(18)17(25)22-15-7-5-11-16(21-15)20-12(9-19-11)10-4-6-13(24)14(8-10)26-2/h4-9,24H,3H2,1-2H3,(H,20,21,22,25). The lowest BCUT2D eigenvalue weighted by molar-refractivity contribution is 0.238. The molecule has 3 aromatic rings. The number of pyridine rings is 1. The van der Waals surface area contributed by atoms with Crippen LogP contribution in [0, 0.1) is 0 Å². The highest BCUT2D eigenvalue weighted by Gasteiger charge is 2.12. The van der Waals surface area contributed by atoms with Crippen molar-refractivity contribution < 1.29 is 14.6 Å². The van der Waals surface area contributed by atoms with Gasteiger partial charge in [-0.05, 0) is 37.3 Å².